The molecule has 5 rings (SSSR count). The monoisotopic (exact) mass is 587 g/mol. The molecule has 0 radical (unpaired) electrons. The molecule has 0 N–H and O–H groups in total. The maximum absolute atomic E-state index is 14.4. The number of nitrogens with zero attached hydrogens (tertiary/aromatic N) is 3. The Morgan fingerprint density at radius 3 is 1.98 bits per heavy atom. The summed E-state index contributed by atoms with van der Waals surface area (Å²) in [5, 5.41) is 0. The number of hydrogen-bond donors (Lipinski definition) is 0. The van der Waals surface area contributed by atoms with E-state index in [9.17, 15) is 32.3 Å². The van der Waals surface area contributed by atoms with Crippen LogP contribution in [0.1, 0.15) is 33.5 Å². The lowest BCUT2D eigenvalue weighted by Crippen LogP contribution is -2.50. The fraction of sp³-hybridized carbons (Fsp3) is 0.212. The van der Waals surface area contributed by atoms with Crippen molar-refractivity contribution in [2.75, 3.05) is 31.1 Å². The van der Waals surface area contributed by atoms with Crippen molar-refractivity contribution >= 4 is 23.2 Å². The van der Waals surface area contributed by atoms with Crippen molar-refractivity contribution in [2.24, 2.45) is 0 Å². The first kappa shape index (κ1) is 29.5. The number of benzene rings is 3. The number of para-hydroxylation sites is 1. The first-order chi connectivity index (χ1) is 20.7. The second-order valence-corrected chi connectivity index (χ2v) is 10.3. The van der Waals surface area contributed by atoms with Crippen molar-refractivity contribution in [3.05, 3.63) is 135 Å². The Bertz CT molecular complexity index is 1690. The number of carbonyl (C=O) groups excluding carboxylic acids is 3. The number of amides is 1. The SMILES string of the molecule is O=C(CC(=O)c1cc(Cc2c(F)cc(F)cc2F)cn(Cc2ccccc2)c1=O)C(=O)N1CCN(c2ccccc2)CC1. The summed E-state index contributed by atoms with van der Waals surface area (Å²) in [6, 6.07) is 20.8. The van der Waals surface area contributed by atoms with Gasteiger partial charge in [-0.15, -0.1) is 0 Å². The van der Waals surface area contributed by atoms with Crippen molar-refractivity contribution in [3.8, 4) is 0 Å². The normalized spacial score (nSPS) is 13.2. The maximum Gasteiger partial charge on any atom is 0.290 e. The fourth-order valence-electron chi connectivity index (χ4n) is 5.14. The van der Waals surface area contributed by atoms with E-state index in [4.69, 9.17) is 0 Å². The number of halogens is 3. The number of hydrogen-bond acceptors (Lipinski definition) is 5. The van der Waals surface area contributed by atoms with Crippen LogP contribution in [0.5, 0.6) is 0 Å². The van der Waals surface area contributed by atoms with E-state index in [2.05, 4.69) is 4.90 Å². The van der Waals surface area contributed by atoms with Crippen LogP contribution in [0.4, 0.5) is 18.9 Å². The lowest BCUT2D eigenvalue weighted by atomic mass is 10.00. The number of carbonyl (C=O) groups is 3. The molecule has 1 aliphatic heterocycles. The standard InChI is InChI=1S/C33H28F3N3O4/c34-24-17-28(35)26(29(36)18-24)15-23-16-27(32(42)39(21-23)20-22-7-3-1-4-8-22)30(40)19-31(41)33(43)38-13-11-37(12-14-38)25-9-5-2-6-10-25/h1-10,16-18,21H,11-15,19-20H2. The largest absolute Gasteiger partial charge is 0.368 e. The molecule has 0 aliphatic carbocycles. The van der Waals surface area contributed by atoms with Gasteiger partial charge in [-0.2, -0.15) is 0 Å². The van der Waals surface area contributed by atoms with Gasteiger partial charge < -0.3 is 14.4 Å². The molecule has 43 heavy (non-hydrogen) atoms. The second kappa shape index (κ2) is 12.9. The highest BCUT2D eigenvalue weighted by Gasteiger charge is 2.29. The minimum absolute atomic E-state index is 0.0424. The first-order valence-electron chi connectivity index (χ1n) is 13.8. The average molecular weight is 588 g/mol. The quantitative estimate of drug-likeness (QED) is 0.165. The van der Waals surface area contributed by atoms with Crippen LogP contribution in [-0.4, -0.2) is 53.1 Å². The number of anilines is 1. The van der Waals surface area contributed by atoms with Crippen LogP contribution in [0.2, 0.25) is 0 Å². The van der Waals surface area contributed by atoms with Crippen molar-refractivity contribution in [1.82, 2.24) is 9.47 Å². The van der Waals surface area contributed by atoms with Gasteiger partial charge >= 0.3 is 0 Å². The van der Waals surface area contributed by atoms with Crippen LogP contribution >= 0.6 is 0 Å². The van der Waals surface area contributed by atoms with Gasteiger partial charge in [0.25, 0.3) is 11.5 Å². The van der Waals surface area contributed by atoms with Crippen molar-refractivity contribution in [2.45, 2.75) is 19.4 Å². The molecule has 0 saturated carbocycles. The molecule has 4 aromatic rings. The van der Waals surface area contributed by atoms with Gasteiger partial charge in [-0.1, -0.05) is 48.5 Å². The number of ketones is 2. The zero-order valence-electron chi connectivity index (χ0n) is 23.1. The lowest BCUT2D eigenvalue weighted by molar-refractivity contribution is -0.144. The van der Waals surface area contributed by atoms with E-state index in [0.717, 1.165) is 11.3 Å². The van der Waals surface area contributed by atoms with Gasteiger partial charge in [0.05, 0.1) is 18.5 Å². The van der Waals surface area contributed by atoms with Gasteiger partial charge in [-0.3, -0.25) is 19.2 Å². The van der Waals surface area contributed by atoms with Gasteiger partial charge in [-0.25, -0.2) is 13.2 Å². The van der Waals surface area contributed by atoms with E-state index in [-0.39, 0.29) is 24.1 Å². The summed E-state index contributed by atoms with van der Waals surface area (Å²) in [4.78, 5) is 55.9. The number of pyridine rings is 1. The Balaban J connectivity index is 1.35. The smallest absolute Gasteiger partial charge is 0.290 e. The molecular weight excluding hydrogens is 559 g/mol. The molecule has 0 bridgehead atoms. The summed E-state index contributed by atoms with van der Waals surface area (Å²) in [7, 11) is 0. The predicted octanol–water partition coefficient (Wildman–Crippen LogP) is 4.40. The molecule has 1 fully saturated rings. The Morgan fingerprint density at radius 1 is 0.744 bits per heavy atom. The molecule has 1 saturated heterocycles. The van der Waals surface area contributed by atoms with Gasteiger partial charge in [0, 0.05) is 62.2 Å². The molecular formula is C33H28F3N3O4. The first-order valence-corrected chi connectivity index (χ1v) is 13.8. The predicted molar refractivity (Wildman–Crippen MR) is 155 cm³/mol. The number of Topliss-reactive ketones (excluding diaryl/α,β-unsaturated/α-hetero) is 2. The molecule has 1 amide bonds. The van der Waals surface area contributed by atoms with Crippen molar-refractivity contribution in [1.29, 1.82) is 0 Å². The van der Waals surface area contributed by atoms with E-state index in [0.29, 0.717) is 38.3 Å². The van der Waals surface area contributed by atoms with E-state index in [1.807, 2.05) is 30.3 Å². The van der Waals surface area contributed by atoms with Gasteiger partial charge in [0.1, 0.15) is 17.5 Å². The van der Waals surface area contributed by atoms with Crippen LogP contribution in [0.3, 0.4) is 0 Å². The van der Waals surface area contributed by atoms with Crippen LogP contribution in [0, 0.1) is 17.5 Å². The topological polar surface area (TPSA) is 79.7 Å². The Kier molecular flexibility index (Phi) is 8.85. The van der Waals surface area contributed by atoms with E-state index in [1.54, 1.807) is 30.3 Å². The molecule has 1 aliphatic rings. The van der Waals surface area contributed by atoms with Crippen molar-refractivity contribution < 1.29 is 27.6 Å². The Hall–Kier alpha value is -4.99. The van der Waals surface area contributed by atoms with Crippen LogP contribution in [0.25, 0.3) is 0 Å². The van der Waals surface area contributed by atoms with Crippen LogP contribution in [-0.2, 0) is 22.6 Å². The van der Waals surface area contributed by atoms with Gasteiger partial charge in [0.2, 0.25) is 5.78 Å². The zero-order valence-corrected chi connectivity index (χ0v) is 23.1. The summed E-state index contributed by atoms with van der Waals surface area (Å²) in [6.07, 6.45) is 0.153. The van der Waals surface area contributed by atoms with Crippen molar-refractivity contribution in [3.63, 3.8) is 0 Å². The minimum atomic E-state index is -1.11. The second-order valence-electron chi connectivity index (χ2n) is 10.3. The van der Waals surface area contributed by atoms with E-state index >= 15 is 0 Å². The van der Waals surface area contributed by atoms with Gasteiger partial charge in [0.15, 0.2) is 5.78 Å². The lowest BCUT2D eigenvalue weighted by Gasteiger charge is -2.35. The highest BCUT2D eigenvalue weighted by molar-refractivity contribution is 6.40. The summed E-state index contributed by atoms with van der Waals surface area (Å²) in [5.74, 6) is -5.94. The summed E-state index contributed by atoms with van der Waals surface area (Å²) >= 11 is 0. The third-order valence-electron chi connectivity index (χ3n) is 7.37. The molecule has 10 heteroatoms. The van der Waals surface area contributed by atoms with Crippen LogP contribution < -0.4 is 10.5 Å². The number of rotatable bonds is 9. The third-order valence-corrected chi connectivity index (χ3v) is 7.37. The van der Waals surface area contributed by atoms with Gasteiger partial charge in [-0.05, 0) is 29.3 Å². The molecule has 3 aromatic carbocycles. The van der Waals surface area contributed by atoms with E-state index < -0.39 is 52.5 Å². The maximum atomic E-state index is 14.4. The number of piperazine rings is 1. The molecule has 2 heterocycles. The minimum Gasteiger partial charge on any atom is -0.368 e. The van der Waals surface area contributed by atoms with E-state index in [1.165, 1.54) is 21.7 Å². The third kappa shape index (κ3) is 6.91. The fourth-order valence-corrected chi connectivity index (χ4v) is 5.14. The summed E-state index contributed by atoms with van der Waals surface area (Å²) < 4.78 is 43.5. The highest BCUT2D eigenvalue weighted by atomic mass is 19.1. The molecule has 0 spiro atoms. The van der Waals surface area contributed by atoms with Crippen LogP contribution in [0.15, 0.2) is 89.9 Å². The molecule has 0 atom stereocenters. The highest BCUT2D eigenvalue weighted by Crippen LogP contribution is 2.20. The molecule has 7 nitrogen and oxygen atoms in total. The molecule has 1 aromatic heterocycles. The molecule has 220 valence electrons. The Morgan fingerprint density at radius 2 is 1.35 bits per heavy atom. The zero-order chi connectivity index (χ0) is 30.5. The number of aromatic nitrogens is 1. The molecule has 0 unspecified atom stereocenters. The average Bonchev–Trinajstić information content (AvgIpc) is 3.01. The summed E-state index contributed by atoms with van der Waals surface area (Å²) in [6.45, 7) is 1.66. The summed E-state index contributed by atoms with van der Waals surface area (Å²) in [5.41, 5.74) is 0.383. The Labute approximate surface area is 245 Å².